The molecule has 2 N–H and O–H groups in total. The summed E-state index contributed by atoms with van der Waals surface area (Å²) in [6, 6.07) is 15.2. The first-order valence-corrected chi connectivity index (χ1v) is 11.2. The zero-order valence-corrected chi connectivity index (χ0v) is 18.8. The van der Waals surface area contributed by atoms with Crippen LogP contribution in [0.25, 0.3) is 10.1 Å². The lowest BCUT2D eigenvalue weighted by molar-refractivity contribution is -0.128. The van der Waals surface area contributed by atoms with Crippen molar-refractivity contribution in [1.29, 1.82) is 0 Å². The average molecular weight is 445 g/mol. The van der Waals surface area contributed by atoms with Crippen LogP contribution in [0.1, 0.15) is 54.8 Å². The van der Waals surface area contributed by atoms with E-state index in [2.05, 4.69) is 24.7 Å². The topological polar surface area (TPSA) is 67.4 Å². The Morgan fingerprint density at radius 2 is 1.73 bits per heavy atom. The van der Waals surface area contributed by atoms with Crippen LogP contribution in [0.3, 0.4) is 0 Å². The van der Waals surface area contributed by atoms with Gasteiger partial charge in [0.1, 0.15) is 10.6 Å². The Hall–Kier alpha value is -2.57. The normalized spacial score (nSPS) is 12.9. The molecule has 0 aliphatic rings. The van der Waals surface area contributed by atoms with Crippen molar-refractivity contribution >= 4 is 44.8 Å². The summed E-state index contributed by atoms with van der Waals surface area (Å²) in [7, 11) is 0. The molecule has 5 nitrogen and oxygen atoms in total. The molecule has 0 bridgehead atoms. The molecule has 158 valence electrons. The maximum Gasteiger partial charge on any atom is 0.281 e. The van der Waals surface area contributed by atoms with Crippen LogP contribution >= 0.6 is 22.9 Å². The third-order valence-corrected chi connectivity index (χ3v) is 6.71. The fourth-order valence-electron chi connectivity index (χ4n) is 3.11. The molecule has 0 spiro atoms. The lowest BCUT2D eigenvalue weighted by Gasteiger charge is -2.21. The molecule has 2 amide bonds. The number of hydrazine groups is 1. The van der Waals surface area contributed by atoms with Gasteiger partial charge in [-0.25, -0.2) is 0 Å². The summed E-state index contributed by atoms with van der Waals surface area (Å²) in [5, 5.41) is 1.20. The van der Waals surface area contributed by atoms with Gasteiger partial charge in [0.2, 0.25) is 0 Å². The van der Waals surface area contributed by atoms with Crippen LogP contribution in [0.15, 0.2) is 48.5 Å². The molecule has 1 aromatic heterocycles. The number of ether oxygens (including phenoxy) is 1. The molecule has 0 fully saturated rings. The third-order valence-electron chi connectivity index (χ3n) is 5.04. The number of carbonyl (C=O) groups excluding carboxylic acids is 2. The fourth-order valence-corrected chi connectivity index (χ4v) is 4.52. The van der Waals surface area contributed by atoms with E-state index in [0.717, 1.165) is 22.1 Å². The average Bonchev–Trinajstić information content (AvgIpc) is 3.12. The highest BCUT2D eigenvalue weighted by Crippen LogP contribution is 2.35. The Morgan fingerprint density at radius 1 is 1.03 bits per heavy atom. The summed E-state index contributed by atoms with van der Waals surface area (Å²) in [5.74, 6) is 0.135. The molecule has 2 unspecified atom stereocenters. The summed E-state index contributed by atoms with van der Waals surface area (Å²) >= 11 is 7.62. The standard InChI is InChI=1S/C23H25ClN2O3S/c1-4-14(3)15-10-6-8-12-18(15)29-17(5-2)22(27)25-26-23(28)21-20(24)16-11-7-9-13-19(16)30-21/h6-14,17H,4-5H2,1-3H3,(H,25,27)(H,26,28). The Labute approximate surface area is 185 Å². The number of amides is 2. The molecule has 0 aliphatic heterocycles. The molecule has 0 saturated carbocycles. The number of thiophene rings is 1. The van der Waals surface area contributed by atoms with Crippen LogP contribution in [0.4, 0.5) is 0 Å². The Bertz CT molecular complexity index is 1050. The summed E-state index contributed by atoms with van der Waals surface area (Å²) in [4.78, 5) is 25.5. The van der Waals surface area contributed by atoms with E-state index in [1.165, 1.54) is 11.3 Å². The SMILES string of the molecule is CCC(Oc1ccccc1C(C)CC)C(=O)NNC(=O)c1sc2ccccc2c1Cl. The molecule has 3 rings (SSSR count). The summed E-state index contributed by atoms with van der Waals surface area (Å²) in [6.45, 7) is 6.10. The Morgan fingerprint density at radius 3 is 2.43 bits per heavy atom. The minimum atomic E-state index is -0.728. The number of fused-ring (bicyclic) bond motifs is 1. The molecule has 2 atom stereocenters. The number of hydrogen-bond donors (Lipinski definition) is 2. The van der Waals surface area contributed by atoms with Gasteiger partial charge in [0, 0.05) is 10.1 Å². The van der Waals surface area contributed by atoms with E-state index in [1.54, 1.807) is 0 Å². The molecule has 7 heteroatoms. The molecule has 2 aromatic carbocycles. The van der Waals surface area contributed by atoms with E-state index in [1.807, 2.05) is 55.5 Å². The van der Waals surface area contributed by atoms with Gasteiger partial charge in [-0.05, 0) is 36.5 Å². The molecular weight excluding hydrogens is 420 g/mol. The van der Waals surface area contributed by atoms with Crippen LogP contribution in [-0.2, 0) is 4.79 Å². The van der Waals surface area contributed by atoms with Gasteiger partial charge in [0.05, 0.1) is 5.02 Å². The monoisotopic (exact) mass is 444 g/mol. The Kier molecular flexibility index (Phi) is 7.34. The highest BCUT2D eigenvalue weighted by atomic mass is 35.5. The molecule has 30 heavy (non-hydrogen) atoms. The number of hydrogen-bond acceptors (Lipinski definition) is 4. The fraction of sp³-hybridized carbons (Fsp3) is 0.304. The van der Waals surface area contributed by atoms with E-state index in [9.17, 15) is 9.59 Å². The van der Waals surface area contributed by atoms with Crippen LogP contribution in [-0.4, -0.2) is 17.9 Å². The smallest absolute Gasteiger partial charge is 0.281 e. The first-order chi connectivity index (χ1) is 14.5. The molecule has 0 saturated heterocycles. The first kappa shape index (κ1) is 22.1. The van der Waals surface area contributed by atoms with E-state index in [4.69, 9.17) is 16.3 Å². The first-order valence-electron chi connectivity index (χ1n) is 9.99. The quantitative estimate of drug-likeness (QED) is 0.460. The highest BCUT2D eigenvalue weighted by Gasteiger charge is 2.23. The van der Waals surface area contributed by atoms with E-state index in [-0.39, 0.29) is 0 Å². The number of halogens is 1. The predicted octanol–water partition coefficient (Wildman–Crippen LogP) is 5.69. The van der Waals surface area contributed by atoms with Crippen molar-refractivity contribution in [2.24, 2.45) is 0 Å². The number of nitrogens with one attached hydrogen (secondary N) is 2. The molecular formula is C23H25ClN2O3S. The van der Waals surface area contributed by atoms with Gasteiger partial charge < -0.3 is 4.74 Å². The van der Waals surface area contributed by atoms with Crippen molar-refractivity contribution in [1.82, 2.24) is 10.9 Å². The molecule has 1 heterocycles. The third kappa shape index (κ3) is 4.77. The number of benzene rings is 2. The maximum atomic E-state index is 12.6. The van der Waals surface area contributed by atoms with Crippen LogP contribution < -0.4 is 15.6 Å². The predicted molar refractivity (Wildman–Crippen MR) is 122 cm³/mol. The summed E-state index contributed by atoms with van der Waals surface area (Å²) in [6.07, 6.45) is 0.698. The number of para-hydroxylation sites is 1. The van der Waals surface area contributed by atoms with Gasteiger partial charge in [0.25, 0.3) is 11.8 Å². The zero-order valence-electron chi connectivity index (χ0n) is 17.2. The molecule has 3 aromatic rings. The van der Waals surface area contributed by atoms with Crippen molar-refractivity contribution in [3.8, 4) is 5.75 Å². The van der Waals surface area contributed by atoms with Gasteiger partial charge in [0.15, 0.2) is 6.10 Å². The zero-order chi connectivity index (χ0) is 21.7. The van der Waals surface area contributed by atoms with Crippen LogP contribution in [0.2, 0.25) is 5.02 Å². The van der Waals surface area contributed by atoms with E-state index in [0.29, 0.717) is 28.0 Å². The maximum absolute atomic E-state index is 12.6. The minimum Gasteiger partial charge on any atom is -0.480 e. The second kappa shape index (κ2) is 9.96. The molecule has 0 aliphatic carbocycles. The number of rotatable bonds is 7. The summed E-state index contributed by atoms with van der Waals surface area (Å²) in [5.41, 5.74) is 5.99. The number of carbonyl (C=O) groups is 2. The van der Waals surface area contributed by atoms with Gasteiger partial charge in [-0.15, -0.1) is 11.3 Å². The minimum absolute atomic E-state index is 0.316. The second-order valence-electron chi connectivity index (χ2n) is 7.05. The van der Waals surface area contributed by atoms with Crippen LogP contribution in [0, 0.1) is 0 Å². The van der Waals surface area contributed by atoms with Crippen molar-refractivity contribution in [2.45, 2.75) is 45.6 Å². The Balaban J connectivity index is 1.67. The van der Waals surface area contributed by atoms with E-state index >= 15 is 0 Å². The van der Waals surface area contributed by atoms with Crippen molar-refractivity contribution in [3.63, 3.8) is 0 Å². The van der Waals surface area contributed by atoms with Gasteiger partial charge in [-0.1, -0.05) is 68.8 Å². The van der Waals surface area contributed by atoms with Crippen molar-refractivity contribution in [3.05, 3.63) is 64.0 Å². The van der Waals surface area contributed by atoms with Gasteiger partial charge >= 0.3 is 0 Å². The largest absolute Gasteiger partial charge is 0.480 e. The molecule has 0 radical (unpaired) electrons. The van der Waals surface area contributed by atoms with Crippen molar-refractivity contribution < 1.29 is 14.3 Å². The summed E-state index contributed by atoms with van der Waals surface area (Å²) < 4.78 is 6.91. The highest BCUT2D eigenvalue weighted by molar-refractivity contribution is 7.21. The van der Waals surface area contributed by atoms with Crippen molar-refractivity contribution in [2.75, 3.05) is 0 Å². The van der Waals surface area contributed by atoms with Crippen LogP contribution in [0.5, 0.6) is 5.75 Å². The second-order valence-corrected chi connectivity index (χ2v) is 8.48. The lowest BCUT2D eigenvalue weighted by Crippen LogP contribution is -2.47. The van der Waals surface area contributed by atoms with Gasteiger partial charge in [-0.2, -0.15) is 0 Å². The van der Waals surface area contributed by atoms with Gasteiger partial charge in [-0.3, -0.25) is 20.4 Å². The van der Waals surface area contributed by atoms with E-state index < -0.39 is 17.9 Å². The lowest BCUT2D eigenvalue weighted by atomic mass is 9.98.